The number of nitriles is 1. The molecule has 0 spiro atoms. The molecule has 2 heterocycles. The summed E-state index contributed by atoms with van der Waals surface area (Å²) in [4.78, 5) is 16.4. The zero-order valence-electron chi connectivity index (χ0n) is 21.1. The number of aromatic nitrogens is 3. The highest BCUT2D eigenvalue weighted by Gasteiger charge is 2.34. The standard InChI is InChI=1S/C29H23F3N4O2S/c1-3-36-24(13-14-34-36)25(37)11-9-19-10-12-26(38-2)21(15-19)18-39-28-23(17-33)22(20-7-5-4-6-8-20)16-27(35-28)29(30,31)32/h4-16H,3,18H2,1-2H3/b11-9+. The Bertz CT molecular complexity index is 1560. The van der Waals surface area contributed by atoms with Crippen molar-refractivity contribution in [2.24, 2.45) is 0 Å². The highest BCUT2D eigenvalue weighted by atomic mass is 32.2. The summed E-state index contributed by atoms with van der Waals surface area (Å²) in [6.45, 7) is 2.45. The second-order valence-corrected chi connectivity index (χ2v) is 9.26. The van der Waals surface area contributed by atoms with Gasteiger partial charge in [0, 0.05) is 29.6 Å². The number of carbonyl (C=O) groups excluding carboxylic acids is 1. The number of nitrogens with zero attached hydrogens (tertiary/aromatic N) is 4. The van der Waals surface area contributed by atoms with E-state index in [9.17, 15) is 23.2 Å². The molecule has 0 saturated heterocycles. The van der Waals surface area contributed by atoms with E-state index < -0.39 is 11.9 Å². The number of ether oxygens (including phenoxy) is 1. The number of halogens is 3. The minimum absolute atomic E-state index is 0.0304. The number of allylic oxidation sites excluding steroid dienone is 1. The van der Waals surface area contributed by atoms with Crippen LogP contribution in [-0.2, 0) is 18.5 Å². The van der Waals surface area contributed by atoms with Crippen molar-refractivity contribution in [1.82, 2.24) is 14.8 Å². The van der Waals surface area contributed by atoms with Gasteiger partial charge in [-0.15, -0.1) is 11.8 Å². The molecule has 0 aliphatic carbocycles. The first-order chi connectivity index (χ1) is 18.7. The first kappa shape index (κ1) is 27.7. The van der Waals surface area contributed by atoms with Gasteiger partial charge in [0.15, 0.2) is 0 Å². The zero-order chi connectivity index (χ0) is 28.0. The molecule has 0 saturated carbocycles. The molecule has 2 aromatic carbocycles. The molecule has 0 N–H and O–H groups in total. The van der Waals surface area contributed by atoms with Gasteiger partial charge in [-0.05, 0) is 48.4 Å². The zero-order valence-corrected chi connectivity index (χ0v) is 21.9. The Balaban J connectivity index is 1.65. The average molecular weight is 549 g/mol. The van der Waals surface area contributed by atoms with Gasteiger partial charge in [-0.2, -0.15) is 23.5 Å². The highest BCUT2D eigenvalue weighted by Crippen LogP contribution is 2.38. The van der Waals surface area contributed by atoms with Crippen molar-refractivity contribution < 1.29 is 22.7 Å². The van der Waals surface area contributed by atoms with Crippen molar-refractivity contribution in [3.63, 3.8) is 0 Å². The van der Waals surface area contributed by atoms with Gasteiger partial charge in [0.25, 0.3) is 0 Å². The Morgan fingerprint density at radius 3 is 2.59 bits per heavy atom. The van der Waals surface area contributed by atoms with Crippen LogP contribution in [0.15, 0.2) is 78.0 Å². The number of ketones is 1. The van der Waals surface area contributed by atoms with Crippen LogP contribution < -0.4 is 4.74 Å². The van der Waals surface area contributed by atoms with Crippen molar-refractivity contribution in [1.29, 1.82) is 5.26 Å². The third-order valence-electron chi connectivity index (χ3n) is 5.84. The smallest absolute Gasteiger partial charge is 0.433 e. The molecule has 4 rings (SSSR count). The van der Waals surface area contributed by atoms with Crippen molar-refractivity contribution in [2.45, 2.75) is 30.4 Å². The van der Waals surface area contributed by atoms with E-state index in [1.807, 2.05) is 13.0 Å². The number of methoxy groups -OCH3 is 1. The second-order valence-electron chi connectivity index (χ2n) is 8.30. The summed E-state index contributed by atoms with van der Waals surface area (Å²) in [5, 5.41) is 14.0. The molecular weight excluding hydrogens is 525 g/mol. The second kappa shape index (κ2) is 12.0. The molecule has 6 nitrogen and oxygen atoms in total. The quantitative estimate of drug-likeness (QED) is 0.127. The van der Waals surface area contributed by atoms with Gasteiger partial charge in [0.2, 0.25) is 5.78 Å². The lowest BCUT2D eigenvalue weighted by atomic mass is 10.0. The maximum atomic E-state index is 13.7. The number of pyridine rings is 1. The summed E-state index contributed by atoms with van der Waals surface area (Å²) in [6, 6.07) is 18.3. The Hall–Kier alpha value is -4.36. The molecule has 0 atom stereocenters. The number of hydrogen-bond donors (Lipinski definition) is 0. The van der Waals surface area contributed by atoms with Crippen molar-refractivity contribution in [3.05, 3.63) is 101 Å². The van der Waals surface area contributed by atoms with Crippen LogP contribution in [0.25, 0.3) is 17.2 Å². The van der Waals surface area contributed by atoms with Crippen LogP contribution in [0.5, 0.6) is 5.75 Å². The Kier molecular flexibility index (Phi) is 8.52. The maximum Gasteiger partial charge on any atom is 0.433 e. The fourth-order valence-electron chi connectivity index (χ4n) is 3.94. The van der Waals surface area contributed by atoms with E-state index in [4.69, 9.17) is 4.74 Å². The van der Waals surface area contributed by atoms with Crippen molar-refractivity contribution in [3.8, 4) is 22.9 Å². The fourth-order valence-corrected chi connectivity index (χ4v) is 4.92. The van der Waals surface area contributed by atoms with Crippen LogP contribution in [0.3, 0.4) is 0 Å². The predicted octanol–water partition coefficient (Wildman–Crippen LogP) is 7.05. The maximum absolute atomic E-state index is 13.7. The lowest BCUT2D eigenvalue weighted by Crippen LogP contribution is -2.10. The van der Waals surface area contributed by atoms with Gasteiger partial charge in [0.05, 0.1) is 12.7 Å². The van der Waals surface area contributed by atoms with Crippen LogP contribution in [0.4, 0.5) is 13.2 Å². The Morgan fingerprint density at radius 2 is 1.92 bits per heavy atom. The van der Waals surface area contributed by atoms with Gasteiger partial charge in [-0.25, -0.2) is 4.98 Å². The van der Waals surface area contributed by atoms with Gasteiger partial charge in [-0.3, -0.25) is 9.48 Å². The molecule has 2 aromatic heterocycles. The van der Waals surface area contributed by atoms with E-state index in [1.165, 1.54) is 13.2 Å². The minimum Gasteiger partial charge on any atom is -0.496 e. The molecule has 0 bridgehead atoms. The molecule has 39 heavy (non-hydrogen) atoms. The third kappa shape index (κ3) is 6.38. The van der Waals surface area contributed by atoms with E-state index in [-0.39, 0.29) is 27.7 Å². The molecule has 198 valence electrons. The number of alkyl halides is 3. The van der Waals surface area contributed by atoms with Crippen LogP contribution in [0.1, 0.15) is 39.8 Å². The van der Waals surface area contributed by atoms with E-state index in [1.54, 1.807) is 71.6 Å². The summed E-state index contributed by atoms with van der Waals surface area (Å²) in [6.07, 6.45) is -0.0292. The monoisotopic (exact) mass is 548 g/mol. The topological polar surface area (TPSA) is 80.8 Å². The van der Waals surface area contributed by atoms with Gasteiger partial charge in [-0.1, -0.05) is 42.5 Å². The summed E-state index contributed by atoms with van der Waals surface area (Å²) in [5.41, 5.74) is 1.47. The summed E-state index contributed by atoms with van der Waals surface area (Å²) in [5.74, 6) is 0.490. The fraction of sp³-hybridized carbons (Fsp3) is 0.172. The molecule has 0 aliphatic heterocycles. The Morgan fingerprint density at radius 1 is 1.15 bits per heavy atom. The lowest BCUT2D eigenvalue weighted by molar-refractivity contribution is -0.141. The van der Waals surface area contributed by atoms with Crippen molar-refractivity contribution in [2.75, 3.05) is 7.11 Å². The molecular formula is C29H23F3N4O2S. The molecule has 0 unspecified atom stereocenters. The van der Waals surface area contributed by atoms with Gasteiger partial charge >= 0.3 is 6.18 Å². The predicted molar refractivity (Wildman–Crippen MR) is 143 cm³/mol. The number of benzene rings is 2. The van der Waals surface area contributed by atoms with Crippen LogP contribution >= 0.6 is 11.8 Å². The molecule has 0 fully saturated rings. The van der Waals surface area contributed by atoms with Gasteiger partial charge < -0.3 is 4.74 Å². The van der Waals surface area contributed by atoms with Crippen LogP contribution in [0.2, 0.25) is 0 Å². The minimum atomic E-state index is -4.69. The molecule has 0 amide bonds. The number of hydrogen-bond acceptors (Lipinski definition) is 6. The van der Waals surface area contributed by atoms with Crippen molar-refractivity contribution >= 4 is 23.6 Å². The van der Waals surface area contributed by atoms with E-state index >= 15 is 0 Å². The SMILES string of the molecule is CCn1nccc1C(=O)/C=C/c1ccc(OC)c(CSc2nc(C(F)(F)F)cc(-c3ccccc3)c2C#N)c1. The van der Waals surface area contributed by atoms with Gasteiger partial charge in [0.1, 0.15) is 28.2 Å². The van der Waals surface area contributed by atoms with E-state index in [0.717, 1.165) is 17.8 Å². The third-order valence-corrected chi connectivity index (χ3v) is 6.86. The summed E-state index contributed by atoms with van der Waals surface area (Å²) in [7, 11) is 1.49. The highest BCUT2D eigenvalue weighted by molar-refractivity contribution is 7.98. The molecule has 0 radical (unpaired) electrons. The summed E-state index contributed by atoms with van der Waals surface area (Å²) < 4.78 is 48.2. The van der Waals surface area contributed by atoms with E-state index in [2.05, 4.69) is 10.1 Å². The molecule has 10 heteroatoms. The lowest BCUT2D eigenvalue weighted by Gasteiger charge is -2.15. The molecule has 4 aromatic rings. The van der Waals surface area contributed by atoms with Crippen LogP contribution in [-0.4, -0.2) is 27.7 Å². The van der Waals surface area contributed by atoms with Crippen LogP contribution in [0, 0.1) is 11.3 Å². The number of aryl methyl sites for hydroxylation is 1. The first-order valence-corrected chi connectivity index (χ1v) is 12.9. The number of rotatable bonds is 9. The normalized spacial score (nSPS) is 11.5. The first-order valence-electron chi connectivity index (χ1n) is 11.9. The molecule has 0 aliphatic rings. The largest absolute Gasteiger partial charge is 0.496 e. The Labute approximate surface area is 227 Å². The van der Waals surface area contributed by atoms with E-state index in [0.29, 0.717) is 34.7 Å². The summed E-state index contributed by atoms with van der Waals surface area (Å²) >= 11 is 1.01. The number of carbonyl (C=O) groups is 1. The number of thioether (sulfide) groups is 1. The average Bonchev–Trinajstić information content (AvgIpc) is 3.43.